The van der Waals surface area contributed by atoms with Crippen LogP contribution in [0, 0.1) is 5.92 Å². The molecule has 1 heterocycles. The molecule has 0 saturated heterocycles. The molecule has 1 aromatic heterocycles. The van der Waals surface area contributed by atoms with Crippen LogP contribution in [-0.4, -0.2) is 34.1 Å². The van der Waals surface area contributed by atoms with E-state index in [0.717, 1.165) is 12.0 Å². The molecular weight excluding hydrogens is 292 g/mol. The zero-order valence-electron chi connectivity index (χ0n) is 15.5. The van der Waals surface area contributed by atoms with Crippen molar-refractivity contribution in [3.8, 4) is 0 Å². The number of hydrogen-bond donors (Lipinski definition) is 2. The van der Waals surface area contributed by atoms with Gasteiger partial charge >= 0.3 is 6.09 Å². The molecule has 0 aliphatic heterocycles. The topological polar surface area (TPSA) is 68.2 Å². The summed E-state index contributed by atoms with van der Waals surface area (Å²) >= 11 is 0. The molecule has 0 saturated carbocycles. The van der Waals surface area contributed by atoms with Gasteiger partial charge in [-0.05, 0) is 40.0 Å². The predicted molar refractivity (Wildman–Crippen MR) is 92.2 cm³/mol. The van der Waals surface area contributed by atoms with Gasteiger partial charge < -0.3 is 15.4 Å². The number of alkyl carbamates (subject to hydrolysis) is 1. The molecule has 0 radical (unpaired) electrons. The Morgan fingerprint density at radius 2 is 2.00 bits per heavy atom. The van der Waals surface area contributed by atoms with Crippen molar-refractivity contribution < 1.29 is 9.53 Å². The van der Waals surface area contributed by atoms with E-state index in [1.165, 1.54) is 0 Å². The van der Waals surface area contributed by atoms with E-state index >= 15 is 0 Å². The van der Waals surface area contributed by atoms with Crippen molar-refractivity contribution in [2.24, 2.45) is 13.0 Å². The lowest BCUT2D eigenvalue weighted by Crippen LogP contribution is -2.44. The molecule has 132 valence electrons. The minimum atomic E-state index is -0.478. The second kappa shape index (κ2) is 8.34. The van der Waals surface area contributed by atoms with E-state index in [1.54, 1.807) is 4.68 Å². The average Bonchev–Trinajstić information content (AvgIpc) is 2.80. The van der Waals surface area contributed by atoms with E-state index in [0.29, 0.717) is 12.5 Å². The molecule has 6 heteroatoms. The largest absolute Gasteiger partial charge is 0.444 e. The first-order valence-corrected chi connectivity index (χ1v) is 8.28. The predicted octanol–water partition coefficient (Wildman–Crippen LogP) is 3.01. The maximum absolute atomic E-state index is 11.8. The summed E-state index contributed by atoms with van der Waals surface area (Å²) in [7, 11) is 1.91. The monoisotopic (exact) mass is 324 g/mol. The molecule has 1 aromatic rings. The summed E-state index contributed by atoms with van der Waals surface area (Å²) in [5, 5.41) is 10.6. The molecule has 2 unspecified atom stereocenters. The summed E-state index contributed by atoms with van der Waals surface area (Å²) in [6.45, 7) is 12.6. The molecule has 0 fully saturated rings. The molecule has 23 heavy (non-hydrogen) atoms. The Balaban J connectivity index is 2.57. The Labute approximate surface area is 140 Å². The molecule has 0 bridgehead atoms. The number of nitrogens with zero attached hydrogens (tertiary/aromatic N) is 2. The van der Waals surface area contributed by atoms with Crippen LogP contribution in [-0.2, 0) is 11.8 Å². The summed E-state index contributed by atoms with van der Waals surface area (Å²) in [6, 6.07) is 0.352. The van der Waals surface area contributed by atoms with Gasteiger partial charge in [0.15, 0.2) is 0 Å². The fourth-order valence-corrected chi connectivity index (χ4v) is 2.41. The standard InChI is InChI=1S/C17H32N4O2/c1-12(2)8-15(10-18-16(22)23-17(4,5)6)20-13(3)14-9-19-21(7)11-14/h9,11-13,15,20H,8,10H2,1-7H3,(H,18,22). The van der Waals surface area contributed by atoms with Gasteiger partial charge in [-0.3, -0.25) is 4.68 Å². The number of amides is 1. The van der Waals surface area contributed by atoms with E-state index in [9.17, 15) is 4.79 Å². The Morgan fingerprint density at radius 3 is 2.48 bits per heavy atom. The molecule has 1 amide bonds. The van der Waals surface area contributed by atoms with Gasteiger partial charge in [0.2, 0.25) is 0 Å². The number of carbonyl (C=O) groups excluding carboxylic acids is 1. The van der Waals surface area contributed by atoms with Crippen molar-refractivity contribution >= 4 is 6.09 Å². The second-order valence-corrected chi connectivity index (χ2v) is 7.54. The van der Waals surface area contributed by atoms with Gasteiger partial charge in [-0.15, -0.1) is 0 Å². The van der Waals surface area contributed by atoms with E-state index in [4.69, 9.17) is 4.74 Å². The van der Waals surface area contributed by atoms with Gasteiger partial charge in [-0.1, -0.05) is 13.8 Å². The van der Waals surface area contributed by atoms with Crippen molar-refractivity contribution in [2.45, 2.75) is 65.6 Å². The zero-order valence-corrected chi connectivity index (χ0v) is 15.5. The van der Waals surface area contributed by atoms with Gasteiger partial charge in [-0.2, -0.15) is 5.10 Å². The highest BCUT2D eigenvalue weighted by Crippen LogP contribution is 2.14. The summed E-state index contributed by atoms with van der Waals surface area (Å²) in [4.78, 5) is 11.8. The van der Waals surface area contributed by atoms with Gasteiger partial charge in [0.25, 0.3) is 0 Å². The van der Waals surface area contributed by atoms with Gasteiger partial charge in [0, 0.05) is 37.4 Å². The van der Waals surface area contributed by atoms with Crippen LogP contribution in [0.2, 0.25) is 0 Å². The summed E-state index contributed by atoms with van der Waals surface area (Å²) in [5.41, 5.74) is 0.659. The first-order valence-electron chi connectivity index (χ1n) is 8.28. The van der Waals surface area contributed by atoms with Crippen molar-refractivity contribution in [3.63, 3.8) is 0 Å². The van der Waals surface area contributed by atoms with Crippen LogP contribution >= 0.6 is 0 Å². The molecule has 2 N–H and O–H groups in total. The van der Waals surface area contributed by atoms with Gasteiger partial charge in [-0.25, -0.2) is 4.79 Å². The minimum Gasteiger partial charge on any atom is -0.444 e. The molecule has 6 nitrogen and oxygen atoms in total. The third-order valence-corrected chi connectivity index (χ3v) is 3.36. The van der Waals surface area contributed by atoms with Crippen molar-refractivity contribution in [1.29, 1.82) is 0 Å². The van der Waals surface area contributed by atoms with Crippen LogP contribution in [0.1, 0.15) is 59.6 Å². The second-order valence-electron chi connectivity index (χ2n) is 7.54. The van der Waals surface area contributed by atoms with Gasteiger partial charge in [0.1, 0.15) is 5.60 Å². The quantitative estimate of drug-likeness (QED) is 0.809. The first-order chi connectivity index (χ1) is 10.6. The number of carbonyl (C=O) groups is 1. The Bertz CT molecular complexity index is 491. The third kappa shape index (κ3) is 8.02. The van der Waals surface area contributed by atoms with E-state index in [1.807, 2.05) is 40.2 Å². The maximum atomic E-state index is 11.8. The fourth-order valence-electron chi connectivity index (χ4n) is 2.41. The smallest absolute Gasteiger partial charge is 0.407 e. The van der Waals surface area contributed by atoms with Crippen molar-refractivity contribution in [3.05, 3.63) is 18.0 Å². The normalized spacial score (nSPS) is 14.6. The van der Waals surface area contributed by atoms with Crippen LogP contribution in [0.15, 0.2) is 12.4 Å². The molecular formula is C17H32N4O2. The number of hydrogen-bond acceptors (Lipinski definition) is 4. The van der Waals surface area contributed by atoms with Crippen LogP contribution in [0.3, 0.4) is 0 Å². The van der Waals surface area contributed by atoms with Crippen molar-refractivity contribution in [2.75, 3.05) is 6.54 Å². The molecule has 0 spiro atoms. The zero-order chi connectivity index (χ0) is 17.6. The fraction of sp³-hybridized carbons (Fsp3) is 0.765. The summed E-state index contributed by atoms with van der Waals surface area (Å²) < 4.78 is 7.09. The van der Waals surface area contributed by atoms with Crippen LogP contribution in [0.25, 0.3) is 0 Å². The van der Waals surface area contributed by atoms with E-state index in [2.05, 4.69) is 36.5 Å². The Morgan fingerprint density at radius 1 is 1.35 bits per heavy atom. The average molecular weight is 324 g/mol. The summed E-state index contributed by atoms with van der Waals surface area (Å²) in [6.07, 6.45) is 4.47. The highest BCUT2D eigenvalue weighted by molar-refractivity contribution is 5.67. The summed E-state index contributed by atoms with van der Waals surface area (Å²) in [5.74, 6) is 0.536. The first kappa shape index (κ1) is 19.5. The van der Waals surface area contributed by atoms with E-state index < -0.39 is 5.60 Å². The lowest BCUT2D eigenvalue weighted by molar-refractivity contribution is 0.0520. The minimum absolute atomic E-state index is 0.174. The van der Waals surface area contributed by atoms with Crippen molar-refractivity contribution in [1.82, 2.24) is 20.4 Å². The number of nitrogens with one attached hydrogen (secondary N) is 2. The number of rotatable bonds is 7. The van der Waals surface area contributed by atoms with Crippen LogP contribution in [0.4, 0.5) is 4.79 Å². The molecule has 0 aromatic carbocycles. The molecule has 0 aliphatic rings. The third-order valence-electron chi connectivity index (χ3n) is 3.36. The Kier molecular flexibility index (Phi) is 7.06. The highest BCUT2D eigenvalue weighted by atomic mass is 16.6. The number of ether oxygens (including phenoxy) is 1. The van der Waals surface area contributed by atoms with E-state index in [-0.39, 0.29) is 18.2 Å². The molecule has 1 rings (SSSR count). The maximum Gasteiger partial charge on any atom is 0.407 e. The Hall–Kier alpha value is -1.56. The lowest BCUT2D eigenvalue weighted by atomic mass is 10.0. The lowest BCUT2D eigenvalue weighted by Gasteiger charge is -2.26. The molecule has 0 aliphatic carbocycles. The van der Waals surface area contributed by atoms with Crippen LogP contribution in [0.5, 0.6) is 0 Å². The van der Waals surface area contributed by atoms with Crippen LogP contribution < -0.4 is 10.6 Å². The SMILES string of the molecule is CC(C)CC(CNC(=O)OC(C)(C)C)NC(C)c1cnn(C)c1. The number of aromatic nitrogens is 2. The molecule has 2 atom stereocenters. The number of aryl methyl sites for hydroxylation is 1. The van der Waals surface area contributed by atoms with Gasteiger partial charge in [0.05, 0.1) is 6.20 Å². The highest BCUT2D eigenvalue weighted by Gasteiger charge is 2.19.